The van der Waals surface area contributed by atoms with Crippen molar-refractivity contribution in [3.05, 3.63) is 45.2 Å². The molecule has 0 radical (unpaired) electrons. The van der Waals surface area contributed by atoms with Crippen molar-refractivity contribution in [2.24, 2.45) is 0 Å². The van der Waals surface area contributed by atoms with Crippen LogP contribution in [0.5, 0.6) is 0 Å². The smallest absolute Gasteiger partial charge is 0.162 e. The Hall–Kier alpha value is -1.12. The van der Waals surface area contributed by atoms with E-state index in [1.165, 1.54) is 18.4 Å². The van der Waals surface area contributed by atoms with Crippen LogP contribution in [0.15, 0.2) is 18.2 Å². The molecule has 1 aromatic heterocycles. The lowest BCUT2D eigenvalue weighted by molar-refractivity contribution is 0.715. The normalized spacial score (nSPS) is 15.6. The van der Waals surface area contributed by atoms with Crippen molar-refractivity contribution in [1.82, 2.24) is 9.97 Å². The summed E-state index contributed by atoms with van der Waals surface area (Å²) in [7, 11) is 0. The van der Waals surface area contributed by atoms with Crippen molar-refractivity contribution in [2.45, 2.75) is 45.4 Å². The van der Waals surface area contributed by atoms with E-state index in [2.05, 4.69) is 35.1 Å². The fourth-order valence-electron chi connectivity index (χ4n) is 3.07. The quantitative estimate of drug-likeness (QED) is 0.661. The Labute approximate surface area is 135 Å². The Morgan fingerprint density at radius 2 is 1.62 bits per heavy atom. The van der Waals surface area contributed by atoms with Crippen LogP contribution in [0.3, 0.4) is 0 Å². The van der Waals surface area contributed by atoms with E-state index in [0.29, 0.717) is 22.0 Å². The summed E-state index contributed by atoms with van der Waals surface area (Å²) in [6, 6.07) is 6.22. The lowest BCUT2D eigenvalue weighted by atomic mass is 10.0. The second-order valence-electron chi connectivity index (χ2n) is 5.84. The molecule has 1 aromatic carbocycles. The summed E-state index contributed by atoms with van der Waals surface area (Å²) in [5.74, 6) is 1.03. The minimum atomic E-state index is 0.414. The van der Waals surface area contributed by atoms with Gasteiger partial charge in [0.1, 0.15) is 10.3 Å². The fraction of sp³-hybridized carbons (Fsp3) is 0.412. The number of nitrogens with zero attached hydrogens (tertiary/aromatic N) is 2. The molecule has 0 amide bonds. The predicted octanol–water partition coefficient (Wildman–Crippen LogP) is 5.72. The molecule has 1 saturated carbocycles. The van der Waals surface area contributed by atoms with Crippen molar-refractivity contribution in [2.75, 3.05) is 0 Å². The van der Waals surface area contributed by atoms with Crippen LogP contribution in [0.4, 0.5) is 0 Å². The zero-order valence-electron chi connectivity index (χ0n) is 12.3. The van der Waals surface area contributed by atoms with E-state index in [4.69, 9.17) is 23.2 Å². The third kappa shape index (κ3) is 2.93. The van der Waals surface area contributed by atoms with E-state index < -0.39 is 0 Å². The Kier molecular flexibility index (Phi) is 4.19. The Bertz CT molecular complexity index is 653. The molecule has 0 spiro atoms. The van der Waals surface area contributed by atoms with Gasteiger partial charge >= 0.3 is 0 Å². The molecule has 3 rings (SSSR count). The topological polar surface area (TPSA) is 25.8 Å². The van der Waals surface area contributed by atoms with Gasteiger partial charge in [0.05, 0.1) is 0 Å². The van der Waals surface area contributed by atoms with E-state index in [9.17, 15) is 0 Å². The average molecular weight is 321 g/mol. The fourth-order valence-corrected chi connectivity index (χ4v) is 3.76. The van der Waals surface area contributed by atoms with Crippen molar-refractivity contribution in [3.8, 4) is 11.4 Å². The first-order valence-electron chi connectivity index (χ1n) is 7.37. The molecule has 1 aliphatic rings. The van der Waals surface area contributed by atoms with Crippen LogP contribution in [0.2, 0.25) is 10.3 Å². The van der Waals surface area contributed by atoms with Gasteiger partial charge in [-0.15, -0.1) is 0 Å². The van der Waals surface area contributed by atoms with Crippen LogP contribution >= 0.6 is 23.2 Å². The maximum absolute atomic E-state index is 6.42. The van der Waals surface area contributed by atoms with Gasteiger partial charge in [-0.1, -0.05) is 53.7 Å². The SMILES string of the molecule is Cc1ccc(C)c(-c2nc(Cl)c(C3CCCC3)c(Cl)n2)c1. The van der Waals surface area contributed by atoms with Gasteiger partial charge in [0.15, 0.2) is 5.82 Å². The molecular weight excluding hydrogens is 303 g/mol. The molecule has 0 bridgehead atoms. The molecule has 2 nitrogen and oxygen atoms in total. The van der Waals surface area contributed by atoms with Gasteiger partial charge in [-0.05, 0) is 44.2 Å². The predicted molar refractivity (Wildman–Crippen MR) is 88.2 cm³/mol. The van der Waals surface area contributed by atoms with Gasteiger partial charge in [0, 0.05) is 11.1 Å². The first-order valence-corrected chi connectivity index (χ1v) is 8.12. The number of aromatic nitrogens is 2. The molecule has 0 saturated heterocycles. The van der Waals surface area contributed by atoms with Crippen LogP contribution in [0.1, 0.15) is 48.3 Å². The van der Waals surface area contributed by atoms with Crippen LogP contribution in [0, 0.1) is 13.8 Å². The highest BCUT2D eigenvalue weighted by molar-refractivity contribution is 6.34. The van der Waals surface area contributed by atoms with Crippen molar-refractivity contribution in [1.29, 1.82) is 0 Å². The van der Waals surface area contributed by atoms with Crippen molar-refractivity contribution in [3.63, 3.8) is 0 Å². The minimum Gasteiger partial charge on any atom is -0.216 e. The molecule has 0 aliphatic heterocycles. The summed E-state index contributed by atoms with van der Waals surface area (Å²) in [5.41, 5.74) is 4.23. The maximum atomic E-state index is 6.42. The number of halogens is 2. The van der Waals surface area contributed by atoms with Gasteiger partial charge in [-0.2, -0.15) is 0 Å². The lowest BCUT2D eigenvalue weighted by Gasteiger charge is -2.14. The third-order valence-corrected chi connectivity index (χ3v) is 4.83. The second-order valence-corrected chi connectivity index (χ2v) is 6.56. The number of aryl methyl sites for hydroxylation is 2. The Morgan fingerprint density at radius 1 is 1.00 bits per heavy atom. The standard InChI is InChI=1S/C17H18Cl2N2/c1-10-7-8-11(2)13(9-10)17-20-15(18)14(16(19)21-17)12-5-3-4-6-12/h7-9,12H,3-6H2,1-2H3. The first-order chi connectivity index (χ1) is 10.1. The van der Waals surface area contributed by atoms with Gasteiger partial charge in [0.25, 0.3) is 0 Å². The largest absolute Gasteiger partial charge is 0.216 e. The van der Waals surface area contributed by atoms with E-state index in [1.54, 1.807) is 0 Å². The minimum absolute atomic E-state index is 0.414. The molecular formula is C17H18Cl2N2. The highest BCUT2D eigenvalue weighted by atomic mass is 35.5. The summed E-state index contributed by atoms with van der Waals surface area (Å²) in [4.78, 5) is 9.04. The van der Waals surface area contributed by atoms with E-state index in [0.717, 1.165) is 29.5 Å². The van der Waals surface area contributed by atoms with Gasteiger partial charge in [0.2, 0.25) is 0 Å². The van der Waals surface area contributed by atoms with E-state index in [1.807, 2.05) is 6.92 Å². The second kappa shape index (κ2) is 5.94. The van der Waals surface area contributed by atoms with Crippen LogP contribution < -0.4 is 0 Å². The summed E-state index contributed by atoms with van der Waals surface area (Å²) in [5, 5.41) is 1.02. The maximum Gasteiger partial charge on any atom is 0.162 e. The van der Waals surface area contributed by atoms with E-state index in [-0.39, 0.29) is 0 Å². The Balaban J connectivity index is 2.07. The summed E-state index contributed by atoms with van der Waals surface area (Å²) < 4.78 is 0. The lowest BCUT2D eigenvalue weighted by Crippen LogP contribution is -2.02. The summed E-state index contributed by atoms with van der Waals surface area (Å²) >= 11 is 12.8. The molecule has 1 fully saturated rings. The molecule has 0 N–H and O–H groups in total. The first kappa shape index (κ1) is 14.8. The van der Waals surface area contributed by atoms with Gasteiger partial charge in [-0.25, -0.2) is 9.97 Å². The highest BCUT2D eigenvalue weighted by Gasteiger charge is 2.24. The molecule has 1 heterocycles. The molecule has 4 heteroatoms. The van der Waals surface area contributed by atoms with Crippen LogP contribution in [0.25, 0.3) is 11.4 Å². The Morgan fingerprint density at radius 3 is 2.24 bits per heavy atom. The van der Waals surface area contributed by atoms with Gasteiger partial charge < -0.3 is 0 Å². The third-order valence-electron chi connectivity index (χ3n) is 4.25. The molecule has 0 unspecified atom stereocenters. The average Bonchev–Trinajstić information content (AvgIpc) is 2.94. The number of hydrogen-bond donors (Lipinski definition) is 0. The number of benzene rings is 1. The number of hydrogen-bond acceptors (Lipinski definition) is 2. The zero-order valence-corrected chi connectivity index (χ0v) is 13.8. The van der Waals surface area contributed by atoms with Crippen molar-refractivity contribution >= 4 is 23.2 Å². The van der Waals surface area contributed by atoms with Crippen LogP contribution in [-0.4, -0.2) is 9.97 Å². The van der Waals surface area contributed by atoms with Gasteiger partial charge in [-0.3, -0.25) is 0 Å². The molecule has 2 aromatic rings. The monoisotopic (exact) mass is 320 g/mol. The van der Waals surface area contributed by atoms with Crippen molar-refractivity contribution < 1.29 is 0 Å². The zero-order chi connectivity index (χ0) is 15.0. The van der Waals surface area contributed by atoms with Crippen LogP contribution in [-0.2, 0) is 0 Å². The number of rotatable bonds is 2. The molecule has 1 aliphatic carbocycles. The summed E-state index contributed by atoms with van der Waals surface area (Å²) in [6.45, 7) is 4.10. The molecule has 110 valence electrons. The highest BCUT2D eigenvalue weighted by Crippen LogP contribution is 2.40. The van der Waals surface area contributed by atoms with E-state index >= 15 is 0 Å². The molecule has 0 atom stereocenters. The summed E-state index contributed by atoms with van der Waals surface area (Å²) in [6.07, 6.45) is 4.73. The molecule has 21 heavy (non-hydrogen) atoms.